The third kappa shape index (κ3) is 2.72. The van der Waals surface area contributed by atoms with Gasteiger partial charge in [-0.15, -0.1) is 0 Å². The number of benzene rings is 1. The molecule has 0 spiro atoms. The van der Waals surface area contributed by atoms with Gasteiger partial charge in [-0.2, -0.15) is 0 Å². The summed E-state index contributed by atoms with van der Waals surface area (Å²) in [6.45, 7) is 9.28. The first-order valence-electron chi connectivity index (χ1n) is 10.9. The number of phenolic OH excluding ortho intramolecular Hbond substituents is 1. The molecule has 0 fully saturated rings. The van der Waals surface area contributed by atoms with E-state index in [0.29, 0.717) is 22.3 Å². The van der Waals surface area contributed by atoms with Crippen LogP contribution in [0.5, 0.6) is 5.75 Å². The highest BCUT2D eigenvalue weighted by molar-refractivity contribution is 6.25. The molecule has 4 rings (SSSR count). The fourth-order valence-corrected chi connectivity index (χ4v) is 6.55. The summed E-state index contributed by atoms with van der Waals surface area (Å²) < 4.78 is 0. The second kappa shape index (κ2) is 6.73. The van der Waals surface area contributed by atoms with Crippen molar-refractivity contribution in [3.63, 3.8) is 0 Å². The average Bonchev–Trinajstić information content (AvgIpc) is 2.66. The van der Waals surface area contributed by atoms with Crippen molar-refractivity contribution in [1.82, 2.24) is 0 Å². The summed E-state index contributed by atoms with van der Waals surface area (Å²) in [6, 6.07) is 1.55. The highest BCUT2D eigenvalue weighted by Gasteiger charge is 2.67. The van der Waals surface area contributed by atoms with Gasteiger partial charge in [0.25, 0.3) is 0 Å². The number of carbonyl (C=O) groups excluding carboxylic acids is 4. The summed E-state index contributed by atoms with van der Waals surface area (Å²) in [7, 11) is 0. The molecule has 1 aromatic rings. The van der Waals surface area contributed by atoms with E-state index in [9.17, 15) is 34.5 Å². The number of phenols is 1. The lowest BCUT2D eigenvalue weighted by molar-refractivity contribution is -0.157. The van der Waals surface area contributed by atoms with Crippen molar-refractivity contribution in [3.8, 4) is 5.75 Å². The lowest BCUT2D eigenvalue weighted by atomic mass is 9.48. The number of allylic oxidation sites excluding steroid dienone is 2. The van der Waals surface area contributed by atoms with E-state index < -0.39 is 39.5 Å². The molecule has 3 aliphatic rings. The lowest BCUT2D eigenvalue weighted by Crippen LogP contribution is -2.63. The van der Waals surface area contributed by atoms with Crippen molar-refractivity contribution in [2.24, 2.45) is 10.8 Å². The van der Waals surface area contributed by atoms with E-state index >= 15 is 0 Å². The van der Waals surface area contributed by atoms with Crippen LogP contribution >= 0.6 is 0 Å². The number of rotatable bonds is 2. The van der Waals surface area contributed by atoms with Crippen LogP contribution in [0.3, 0.4) is 0 Å². The van der Waals surface area contributed by atoms with Crippen LogP contribution in [-0.2, 0) is 16.0 Å². The number of hydrogen-bond acceptors (Lipinski definition) is 7. The Balaban J connectivity index is 2.06. The Bertz CT molecular complexity index is 1260. The van der Waals surface area contributed by atoms with Gasteiger partial charge >= 0.3 is 0 Å². The summed E-state index contributed by atoms with van der Waals surface area (Å²) in [6.07, 6.45) is 0.497. The van der Waals surface area contributed by atoms with E-state index in [4.69, 9.17) is 0 Å². The number of carbonyl (C=O) groups is 4. The molecule has 1 aromatic carbocycles. The van der Waals surface area contributed by atoms with Gasteiger partial charge in [0.05, 0.1) is 11.1 Å². The largest absolute Gasteiger partial charge is 0.508 e. The highest BCUT2D eigenvalue weighted by atomic mass is 16.3. The van der Waals surface area contributed by atoms with Crippen molar-refractivity contribution in [3.05, 3.63) is 50.8 Å². The topological polar surface area (TPSA) is 129 Å². The monoisotopic (exact) mass is 452 g/mol. The predicted octanol–water partition coefficient (Wildman–Crippen LogP) is 3.48. The summed E-state index contributed by atoms with van der Waals surface area (Å²) in [5.74, 6) is -3.46. The molecule has 174 valence electrons. The number of ketones is 4. The number of aryl methyl sites for hydroxylation is 1. The van der Waals surface area contributed by atoms with Crippen molar-refractivity contribution in [2.75, 3.05) is 0 Å². The molecule has 7 nitrogen and oxygen atoms in total. The van der Waals surface area contributed by atoms with E-state index in [1.54, 1.807) is 33.8 Å². The first-order chi connectivity index (χ1) is 15.1. The number of aliphatic hydroxyl groups is 2. The summed E-state index contributed by atoms with van der Waals surface area (Å²) >= 11 is 0. The molecular weight excluding hydrogens is 424 g/mol. The molecule has 0 amide bonds. The van der Waals surface area contributed by atoms with Crippen LogP contribution in [-0.4, -0.2) is 44.1 Å². The maximum Gasteiger partial charge on any atom is 0.206 e. The molecule has 3 N–H and O–H groups in total. The first kappa shape index (κ1) is 23.1. The Morgan fingerprint density at radius 1 is 1.00 bits per heavy atom. The zero-order valence-electron chi connectivity index (χ0n) is 19.7. The van der Waals surface area contributed by atoms with Gasteiger partial charge in [-0.3, -0.25) is 19.2 Å². The number of hydrogen-bond donors (Lipinski definition) is 3. The Labute approximate surface area is 191 Å². The number of aliphatic hydroxyl groups excluding tert-OH is 1. The van der Waals surface area contributed by atoms with Gasteiger partial charge in [-0.05, 0) is 64.2 Å². The van der Waals surface area contributed by atoms with Crippen LogP contribution in [0, 0.1) is 17.8 Å². The van der Waals surface area contributed by atoms with E-state index in [-0.39, 0.29) is 47.5 Å². The number of Topliss-reactive ketones (excluding diaryl/α,β-unsaturated/α-hetero) is 4. The summed E-state index contributed by atoms with van der Waals surface area (Å²) in [5, 5.41) is 33.8. The van der Waals surface area contributed by atoms with Crippen molar-refractivity contribution in [2.45, 2.75) is 66.4 Å². The van der Waals surface area contributed by atoms with E-state index in [0.717, 1.165) is 0 Å². The standard InChI is InChI=1S/C26H28O7/c1-11-7-15(13(3)27)16-9-24(5)10-25(6)8-12(2)17(14(4)28)22(31)26(25,33)23(32)19(24)21(30)18(16)20(11)29/h7,29,32-33H,8-10H2,1-6H3. The van der Waals surface area contributed by atoms with Gasteiger partial charge in [-0.25, -0.2) is 0 Å². The molecule has 0 radical (unpaired) electrons. The van der Waals surface area contributed by atoms with Crippen LogP contribution in [0.15, 0.2) is 28.5 Å². The zero-order chi connectivity index (χ0) is 24.8. The molecule has 0 saturated carbocycles. The smallest absolute Gasteiger partial charge is 0.206 e. The molecule has 0 saturated heterocycles. The van der Waals surface area contributed by atoms with Gasteiger partial charge in [0.15, 0.2) is 23.0 Å². The molecule has 0 aliphatic heterocycles. The van der Waals surface area contributed by atoms with Crippen LogP contribution < -0.4 is 0 Å². The minimum Gasteiger partial charge on any atom is -0.508 e. The zero-order valence-corrected chi connectivity index (χ0v) is 19.7. The Kier molecular flexibility index (Phi) is 4.71. The van der Waals surface area contributed by atoms with E-state index in [2.05, 4.69) is 0 Å². The molecule has 0 heterocycles. The lowest BCUT2D eigenvalue weighted by Gasteiger charge is -2.56. The number of aromatic hydroxyl groups is 1. The highest BCUT2D eigenvalue weighted by Crippen LogP contribution is 2.62. The third-order valence-electron chi connectivity index (χ3n) is 7.83. The van der Waals surface area contributed by atoms with E-state index in [1.165, 1.54) is 13.8 Å². The predicted molar refractivity (Wildman–Crippen MR) is 119 cm³/mol. The normalized spacial score (nSPS) is 31.2. The van der Waals surface area contributed by atoms with Crippen LogP contribution in [0.1, 0.15) is 79.3 Å². The second-order valence-electron chi connectivity index (χ2n) is 10.5. The quantitative estimate of drug-likeness (QED) is 0.463. The molecule has 3 atom stereocenters. The molecule has 33 heavy (non-hydrogen) atoms. The van der Waals surface area contributed by atoms with Crippen molar-refractivity contribution in [1.29, 1.82) is 0 Å². The first-order valence-corrected chi connectivity index (χ1v) is 10.9. The number of fused-ring (bicyclic) bond motifs is 3. The van der Waals surface area contributed by atoms with Crippen molar-refractivity contribution < 1.29 is 34.5 Å². The van der Waals surface area contributed by atoms with Gasteiger partial charge in [0, 0.05) is 22.0 Å². The fourth-order valence-electron chi connectivity index (χ4n) is 6.55. The Hall–Kier alpha value is -3.06. The summed E-state index contributed by atoms with van der Waals surface area (Å²) in [4.78, 5) is 51.7. The molecule has 0 bridgehead atoms. The molecule has 3 unspecified atom stereocenters. The van der Waals surface area contributed by atoms with Crippen LogP contribution in [0.2, 0.25) is 0 Å². The SMILES string of the molecule is CC(=O)C1=C(C)CC2(C)CC3(C)Cc4c(C(C)=O)cc(C)c(O)c4C(=O)C3=C(O)C2(O)C1=O. The maximum absolute atomic E-state index is 13.7. The minimum atomic E-state index is -2.45. The summed E-state index contributed by atoms with van der Waals surface area (Å²) in [5.41, 5.74) is -3.44. The molecule has 3 aliphatic carbocycles. The molecule has 7 heteroatoms. The third-order valence-corrected chi connectivity index (χ3v) is 7.83. The van der Waals surface area contributed by atoms with Gasteiger partial charge < -0.3 is 15.3 Å². The fraction of sp³-hybridized carbons (Fsp3) is 0.462. The van der Waals surface area contributed by atoms with Gasteiger partial charge in [0.2, 0.25) is 5.78 Å². The van der Waals surface area contributed by atoms with Gasteiger partial charge in [0.1, 0.15) is 11.5 Å². The van der Waals surface area contributed by atoms with Crippen molar-refractivity contribution >= 4 is 23.1 Å². The maximum atomic E-state index is 13.7. The Morgan fingerprint density at radius 2 is 1.61 bits per heavy atom. The van der Waals surface area contributed by atoms with Gasteiger partial charge in [-0.1, -0.05) is 19.4 Å². The Morgan fingerprint density at radius 3 is 2.15 bits per heavy atom. The second-order valence-corrected chi connectivity index (χ2v) is 10.5. The average molecular weight is 453 g/mol. The minimum absolute atomic E-state index is 0.0896. The van der Waals surface area contributed by atoms with Crippen LogP contribution in [0.4, 0.5) is 0 Å². The molecule has 0 aromatic heterocycles. The van der Waals surface area contributed by atoms with E-state index in [1.807, 2.05) is 0 Å². The molecular formula is C26H28O7. The van der Waals surface area contributed by atoms with Crippen LogP contribution in [0.25, 0.3) is 0 Å².